The molecule has 0 N–H and O–H groups in total. The highest BCUT2D eigenvalue weighted by Crippen LogP contribution is 2.26. The Morgan fingerprint density at radius 1 is 1.40 bits per heavy atom. The van der Waals surface area contributed by atoms with Gasteiger partial charge in [-0.05, 0) is 30.6 Å². The minimum Gasteiger partial charge on any atom is -0.300 e. The largest absolute Gasteiger partial charge is 0.300 e. The Morgan fingerprint density at radius 3 is 2.47 bits per heavy atom. The summed E-state index contributed by atoms with van der Waals surface area (Å²) in [7, 11) is 0. The first kappa shape index (κ1) is 14.4. The van der Waals surface area contributed by atoms with E-state index < -0.39 is 0 Å². The van der Waals surface area contributed by atoms with Gasteiger partial charge in [0, 0.05) is 12.8 Å². The molecule has 0 aliphatic rings. The fraction of sp³-hybridized carbons (Fsp3) is 0.786. The van der Waals surface area contributed by atoms with Gasteiger partial charge in [0.05, 0.1) is 0 Å². The van der Waals surface area contributed by atoms with Crippen LogP contribution >= 0.6 is 0 Å². The van der Waals surface area contributed by atoms with Gasteiger partial charge in [-0.2, -0.15) is 0 Å². The molecule has 0 saturated carbocycles. The summed E-state index contributed by atoms with van der Waals surface area (Å²) in [4.78, 5) is 11.6. The molecule has 0 aromatic carbocycles. The lowest BCUT2D eigenvalue weighted by molar-refractivity contribution is -0.120. The number of hydrogen-bond acceptors (Lipinski definition) is 1. The Hall–Kier alpha value is -0.590. The van der Waals surface area contributed by atoms with Gasteiger partial charge in [-0.25, -0.2) is 0 Å². The fourth-order valence-electron chi connectivity index (χ4n) is 2.05. The van der Waals surface area contributed by atoms with Crippen LogP contribution < -0.4 is 0 Å². The molecule has 0 aromatic heterocycles. The molecule has 0 fully saturated rings. The van der Waals surface area contributed by atoms with E-state index in [4.69, 9.17) is 0 Å². The highest BCUT2D eigenvalue weighted by molar-refractivity contribution is 5.78. The van der Waals surface area contributed by atoms with Crippen molar-refractivity contribution in [3.8, 4) is 0 Å². The van der Waals surface area contributed by atoms with E-state index in [2.05, 4.69) is 34.3 Å². The molecule has 0 spiro atoms. The summed E-state index contributed by atoms with van der Waals surface area (Å²) < 4.78 is 0. The Kier molecular flexibility index (Phi) is 6.55. The molecule has 0 radical (unpaired) electrons. The number of hydrogen-bond donors (Lipinski definition) is 0. The van der Waals surface area contributed by atoms with Crippen LogP contribution in [-0.4, -0.2) is 5.78 Å². The molecular weight excluding hydrogens is 184 g/mol. The smallest absolute Gasteiger partial charge is 0.133 e. The zero-order valence-corrected chi connectivity index (χ0v) is 10.8. The summed E-state index contributed by atoms with van der Waals surface area (Å²) in [5, 5.41) is 0. The number of unbranched alkanes of at least 4 members (excludes halogenated alkanes) is 1. The Bertz CT molecular complexity index is 198. The zero-order chi connectivity index (χ0) is 11.9. The third-order valence-electron chi connectivity index (χ3n) is 2.40. The van der Waals surface area contributed by atoms with Gasteiger partial charge >= 0.3 is 0 Å². The second kappa shape index (κ2) is 6.81. The van der Waals surface area contributed by atoms with Gasteiger partial charge in [-0.15, -0.1) is 6.58 Å². The van der Waals surface area contributed by atoms with Crippen molar-refractivity contribution in [3.63, 3.8) is 0 Å². The molecule has 0 heterocycles. The van der Waals surface area contributed by atoms with E-state index in [0.717, 1.165) is 32.1 Å². The highest BCUT2D eigenvalue weighted by atomic mass is 16.1. The predicted molar refractivity (Wildman–Crippen MR) is 66.9 cm³/mol. The normalized spacial score (nSPS) is 13.6. The summed E-state index contributed by atoms with van der Waals surface area (Å²) in [6.07, 6.45) is 6.39. The van der Waals surface area contributed by atoms with Crippen LogP contribution in [0.3, 0.4) is 0 Å². The van der Waals surface area contributed by atoms with Crippen LogP contribution in [0.25, 0.3) is 0 Å². The molecule has 0 rings (SSSR count). The lowest BCUT2D eigenvalue weighted by atomic mass is 9.83. The third-order valence-corrected chi connectivity index (χ3v) is 2.40. The lowest BCUT2D eigenvalue weighted by Crippen LogP contribution is -2.14. The Morgan fingerprint density at radius 2 is 2.00 bits per heavy atom. The average molecular weight is 210 g/mol. The summed E-state index contributed by atoms with van der Waals surface area (Å²) in [6.45, 7) is 12.5. The fourth-order valence-corrected chi connectivity index (χ4v) is 2.05. The minimum absolute atomic E-state index is 0.334. The van der Waals surface area contributed by atoms with E-state index in [1.54, 1.807) is 0 Å². The lowest BCUT2D eigenvalue weighted by Gasteiger charge is -2.22. The number of Topliss-reactive ketones (excluding diaryl/α,β-unsaturated/α-hetero) is 1. The maximum atomic E-state index is 11.6. The van der Waals surface area contributed by atoms with Crippen LogP contribution in [0, 0.1) is 11.3 Å². The van der Waals surface area contributed by atoms with Crippen LogP contribution in [0.2, 0.25) is 0 Å². The van der Waals surface area contributed by atoms with Crippen LogP contribution in [0.5, 0.6) is 0 Å². The van der Waals surface area contributed by atoms with E-state index >= 15 is 0 Å². The van der Waals surface area contributed by atoms with Gasteiger partial charge in [-0.1, -0.05) is 33.8 Å². The Labute approximate surface area is 95.0 Å². The van der Waals surface area contributed by atoms with Crippen LogP contribution in [-0.2, 0) is 4.79 Å². The average Bonchev–Trinajstić information content (AvgIpc) is 2.00. The van der Waals surface area contributed by atoms with Crippen LogP contribution in [0.4, 0.5) is 0 Å². The summed E-state index contributed by atoms with van der Waals surface area (Å²) >= 11 is 0. The SMILES string of the molecule is C=CCCCC(=O)CC(C)CC(C)(C)C. The number of allylic oxidation sites excluding steroid dienone is 1. The molecule has 0 aliphatic heterocycles. The molecule has 15 heavy (non-hydrogen) atoms. The van der Waals surface area contributed by atoms with Crippen molar-refractivity contribution in [2.45, 2.75) is 59.8 Å². The molecular formula is C14H26O. The summed E-state index contributed by atoms with van der Waals surface area (Å²) in [5.74, 6) is 0.926. The first-order valence-corrected chi connectivity index (χ1v) is 5.98. The Balaban J connectivity index is 3.71. The minimum atomic E-state index is 0.334. The van der Waals surface area contributed by atoms with Crippen molar-refractivity contribution in [2.75, 3.05) is 0 Å². The molecule has 0 bridgehead atoms. The first-order chi connectivity index (χ1) is 6.85. The van der Waals surface area contributed by atoms with Crippen molar-refractivity contribution in [3.05, 3.63) is 12.7 Å². The molecule has 1 unspecified atom stereocenters. The number of rotatable bonds is 7. The second-order valence-electron chi connectivity index (χ2n) is 5.79. The predicted octanol–water partition coefficient (Wildman–Crippen LogP) is 4.37. The van der Waals surface area contributed by atoms with Crippen molar-refractivity contribution < 1.29 is 4.79 Å². The van der Waals surface area contributed by atoms with Crippen LogP contribution in [0.15, 0.2) is 12.7 Å². The number of ketones is 1. The van der Waals surface area contributed by atoms with E-state index in [-0.39, 0.29) is 0 Å². The zero-order valence-electron chi connectivity index (χ0n) is 10.8. The van der Waals surface area contributed by atoms with E-state index in [1.165, 1.54) is 0 Å². The monoisotopic (exact) mass is 210 g/mol. The maximum Gasteiger partial charge on any atom is 0.133 e. The van der Waals surface area contributed by atoms with Gasteiger partial charge in [0.15, 0.2) is 0 Å². The summed E-state index contributed by atoms with van der Waals surface area (Å²) in [6, 6.07) is 0. The molecule has 1 heteroatoms. The maximum absolute atomic E-state index is 11.6. The van der Waals surface area contributed by atoms with Crippen molar-refractivity contribution in [1.29, 1.82) is 0 Å². The van der Waals surface area contributed by atoms with E-state index in [1.807, 2.05) is 6.08 Å². The number of carbonyl (C=O) groups is 1. The van der Waals surface area contributed by atoms with Crippen LogP contribution in [0.1, 0.15) is 59.8 Å². The van der Waals surface area contributed by atoms with Gasteiger partial charge < -0.3 is 0 Å². The van der Waals surface area contributed by atoms with E-state index in [0.29, 0.717) is 17.1 Å². The molecule has 0 amide bonds. The van der Waals surface area contributed by atoms with Gasteiger partial charge in [0.25, 0.3) is 0 Å². The molecule has 1 atom stereocenters. The van der Waals surface area contributed by atoms with E-state index in [9.17, 15) is 4.79 Å². The van der Waals surface area contributed by atoms with Crippen molar-refractivity contribution in [2.24, 2.45) is 11.3 Å². The second-order valence-corrected chi connectivity index (χ2v) is 5.79. The van der Waals surface area contributed by atoms with Gasteiger partial charge in [0.2, 0.25) is 0 Å². The molecule has 1 nitrogen and oxygen atoms in total. The van der Waals surface area contributed by atoms with Gasteiger partial charge in [0.1, 0.15) is 5.78 Å². The van der Waals surface area contributed by atoms with Crippen molar-refractivity contribution in [1.82, 2.24) is 0 Å². The molecule has 88 valence electrons. The van der Waals surface area contributed by atoms with Gasteiger partial charge in [-0.3, -0.25) is 4.79 Å². The first-order valence-electron chi connectivity index (χ1n) is 5.98. The quantitative estimate of drug-likeness (QED) is 0.450. The van der Waals surface area contributed by atoms with Crippen molar-refractivity contribution >= 4 is 5.78 Å². The topological polar surface area (TPSA) is 17.1 Å². The molecule has 0 aliphatic carbocycles. The third kappa shape index (κ3) is 9.71. The standard InChI is InChI=1S/C14H26O/c1-6-7-8-9-13(15)10-12(2)11-14(3,4)5/h6,12H,1,7-11H2,2-5H3. The number of carbonyl (C=O) groups excluding carboxylic acids is 1. The summed E-state index contributed by atoms with van der Waals surface area (Å²) in [5.41, 5.74) is 0.334. The highest BCUT2D eigenvalue weighted by Gasteiger charge is 2.17. The molecule has 0 aromatic rings. The molecule has 0 saturated heterocycles.